The van der Waals surface area contributed by atoms with Crippen molar-refractivity contribution in [2.75, 3.05) is 7.11 Å². The van der Waals surface area contributed by atoms with E-state index in [1.54, 1.807) is 31.2 Å². The van der Waals surface area contributed by atoms with Gasteiger partial charge in [0.2, 0.25) is 0 Å². The monoisotopic (exact) mass is 378 g/mol. The molecule has 0 amide bonds. The first kappa shape index (κ1) is 18.2. The number of hydrogen-bond donors (Lipinski definition) is 0. The van der Waals surface area contributed by atoms with Crippen molar-refractivity contribution in [3.8, 4) is 11.5 Å². The van der Waals surface area contributed by atoms with Gasteiger partial charge in [-0.3, -0.25) is 0 Å². The average molecular weight is 378 g/mol. The van der Waals surface area contributed by atoms with Gasteiger partial charge in [0.25, 0.3) is 11.1 Å². The first-order valence-corrected chi connectivity index (χ1v) is 8.75. The minimum atomic E-state index is -0.604. The maximum Gasteiger partial charge on any atom is 0.277 e. The summed E-state index contributed by atoms with van der Waals surface area (Å²) in [6, 6.07) is 10.8. The number of benzene rings is 2. The zero-order valence-corrected chi connectivity index (χ0v) is 14.9. The number of para-hydroxylation sites is 1. The van der Waals surface area contributed by atoms with Crippen molar-refractivity contribution in [1.29, 1.82) is 0 Å². The van der Waals surface area contributed by atoms with Crippen LogP contribution < -0.4 is 9.47 Å². The van der Waals surface area contributed by atoms with Crippen LogP contribution in [0.25, 0.3) is 0 Å². The fraction of sp³-hybridized carbons (Fsp3) is 0.222. The highest BCUT2D eigenvalue weighted by Crippen LogP contribution is 2.28. The summed E-state index contributed by atoms with van der Waals surface area (Å²) >= 11 is 1.27. The van der Waals surface area contributed by atoms with Crippen LogP contribution in [0.3, 0.4) is 0 Å². The van der Waals surface area contributed by atoms with Gasteiger partial charge >= 0.3 is 0 Å². The molecule has 2 aromatic carbocycles. The maximum absolute atomic E-state index is 13.7. The van der Waals surface area contributed by atoms with Gasteiger partial charge in [-0.05, 0) is 36.8 Å². The molecule has 5 nitrogen and oxygen atoms in total. The zero-order valence-electron chi connectivity index (χ0n) is 14.1. The highest BCUT2D eigenvalue weighted by atomic mass is 32.2. The summed E-state index contributed by atoms with van der Waals surface area (Å²) in [6.07, 6.45) is -0.604. The van der Waals surface area contributed by atoms with Crippen LogP contribution in [-0.4, -0.2) is 17.3 Å². The molecule has 0 spiro atoms. The third-order valence-corrected chi connectivity index (χ3v) is 4.38. The van der Waals surface area contributed by atoms with E-state index in [-0.39, 0.29) is 17.4 Å². The second kappa shape index (κ2) is 8.18. The van der Waals surface area contributed by atoms with Crippen LogP contribution in [0.4, 0.5) is 8.78 Å². The molecule has 0 N–H and O–H groups in total. The van der Waals surface area contributed by atoms with Gasteiger partial charge in [-0.25, -0.2) is 8.78 Å². The molecule has 1 aromatic heterocycles. The largest absolute Gasteiger partial charge is 0.494 e. The van der Waals surface area contributed by atoms with Crippen LogP contribution in [0.15, 0.2) is 52.1 Å². The zero-order chi connectivity index (χ0) is 18.5. The van der Waals surface area contributed by atoms with E-state index in [0.29, 0.717) is 11.0 Å². The molecule has 0 fully saturated rings. The van der Waals surface area contributed by atoms with Crippen molar-refractivity contribution in [2.45, 2.75) is 24.0 Å². The first-order valence-electron chi connectivity index (χ1n) is 7.76. The topological polar surface area (TPSA) is 57.4 Å². The van der Waals surface area contributed by atoms with Gasteiger partial charge < -0.3 is 13.9 Å². The average Bonchev–Trinajstić information content (AvgIpc) is 3.11. The smallest absolute Gasteiger partial charge is 0.277 e. The molecule has 0 saturated carbocycles. The van der Waals surface area contributed by atoms with Crippen molar-refractivity contribution in [1.82, 2.24) is 10.2 Å². The summed E-state index contributed by atoms with van der Waals surface area (Å²) in [5.74, 6) is 0.0971. The quantitative estimate of drug-likeness (QED) is 0.551. The molecule has 0 aliphatic carbocycles. The summed E-state index contributed by atoms with van der Waals surface area (Å²) in [4.78, 5) is 0. The molecular weight excluding hydrogens is 362 g/mol. The molecule has 3 rings (SSSR count). The number of thioether (sulfide) groups is 1. The van der Waals surface area contributed by atoms with Crippen LogP contribution in [0.1, 0.15) is 24.5 Å². The van der Waals surface area contributed by atoms with Crippen molar-refractivity contribution < 1.29 is 22.7 Å². The number of hydrogen-bond acceptors (Lipinski definition) is 6. The van der Waals surface area contributed by atoms with E-state index in [0.717, 1.165) is 5.56 Å². The maximum atomic E-state index is 13.7. The van der Waals surface area contributed by atoms with Crippen molar-refractivity contribution in [3.05, 3.63) is 65.6 Å². The summed E-state index contributed by atoms with van der Waals surface area (Å²) in [5.41, 5.74) is 0.753. The number of nitrogens with zero attached hydrogens (tertiary/aromatic N) is 2. The van der Waals surface area contributed by atoms with E-state index in [1.807, 2.05) is 0 Å². The summed E-state index contributed by atoms with van der Waals surface area (Å²) in [5, 5.41) is 8.17. The van der Waals surface area contributed by atoms with E-state index in [4.69, 9.17) is 13.9 Å². The Labute approximate surface area is 153 Å². The lowest BCUT2D eigenvalue weighted by Crippen LogP contribution is -2.04. The fourth-order valence-electron chi connectivity index (χ4n) is 2.17. The van der Waals surface area contributed by atoms with E-state index in [1.165, 1.54) is 37.1 Å². The molecule has 3 aromatic rings. The predicted octanol–water partition coefficient (Wildman–Crippen LogP) is 4.79. The first-order chi connectivity index (χ1) is 12.6. The third-order valence-electron chi connectivity index (χ3n) is 3.49. The van der Waals surface area contributed by atoms with Crippen molar-refractivity contribution in [2.24, 2.45) is 0 Å². The lowest BCUT2D eigenvalue weighted by atomic mass is 10.2. The highest BCUT2D eigenvalue weighted by molar-refractivity contribution is 7.98. The fourth-order valence-corrected chi connectivity index (χ4v) is 2.88. The van der Waals surface area contributed by atoms with Crippen LogP contribution in [-0.2, 0) is 5.75 Å². The molecule has 0 bridgehead atoms. The Morgan fingerprint density at radius 1 is 1.08 bits per heavy atom. The van der Waals surface area contributed by atoms with Gasteiger partial charge in [0, 0.05) is 5.75 Å². The molecule has 1 heterocycles. The van der Waals surface area contributed by atoms with E-state index < -0.39 is 17.7 Å². The van der Waals surface area contributed by atoms with Crippen molar-refractivity contribution in [3.63, 3.8) is 0 Å². The molecule has 26 heavy (non-hydrogen) atoms. The summed E-state index contributed by atoms with van der Waals surface area (Å²) in [7, 11) is 1.41. The highest BCUT2D eigenvalue weighted by Gasteiger charge is 2.17. The molecule has 0 radical (unpaired) electrons. The molecule has 0 aliphatic heterocycles. The Hall–Kier alpha value is -2.61. The van der Waals surface area contributed by atoms with Crippen LogP contribution in [0.2, 0.25) is 0 Å². The van der Waals surface area contributed by atoms with Gasteiger partial charge in [0.1, 0.15) is 0 Å². The Kier molecular flexibility index (Phi) is 5.72. The lowest BCUT2D eigenvalue weighted by Gasteiger charge is -2.11. The third kappa shape index (κ3) is 4.32. The summed E-state index contributed by atoms with van der Waals surface area (Å²) in [6.45, 7) is 1.69. The molecule has 0 saturated heterocycles. The van der Waals surface area contributed by atoms with Gasteiger partial charge in [0.15, 0.2) is 29.2 Å². The number of halogens is 2. The molecule has 0 aliphatic rings. The summed E-state index contributed by atoms with van der Waals surface area (Å²) < 4.78 is 43.2. The minimum absolute atomic E-state index is 0.112. The van der Waals surface area contributed by atoms with Gasteiger partial charge in [-0.15, -0.1) is 10.2 Å². The van der Waals surface area contributed by atoms with Crippen molar-refractivity contribution >= 4 is 11.8 Å². The Morgan fingerprint density at radius 3 is 2.62 bits per heavy atom. The second-order valence-corrected chi connectivity index (χ2v) is 6.28. The Bertz CT molecular complexity index is 888. The predicted molar refractivity (Wildman–Crippen MR) is 92.3 cm³/mol. The van der Waals surface area contributed by atoms with E-state index in [2.05, 4.69) is 10.2 Å². The number of methoxy groups -OCH3 is 1. The van der Waals surface area contributed by atoms with Gasteiger partial charge in [-0.1, -0.05) is 30.0 Å². The van der Waals surface area contributed by atoms with Crippen LogP contribution in [0.5, 0.6) is 11.5 Å². The lowest BCUT2D eigenvalue weighted by molar-refractivity contribution is 0.174. The normalized spacial score (nSPS) is 12.0. The molecular formula is C18H16F2N2O3S. The van der Waals surface area contributed by atoms with Gasteiger partial charge in [-0.2, -0.15) is 0 Å². The molecule has 0 unspecified atom stereocenters. The van der Waals surface area contributed by atoms with Crippen LogP contribution in [0, 0.1) is 11.6 Å². The van der Waals surface area contributed by atoms with E-state index in [9.17, 15) is 8.78 Å². The molecule has 8 heteroatoms. The minimum Gasteiger partial charge on any atom is -0.494 e. The van der Waals surface area contributed by atoms with Crippen LogP contribution >= 0.6 is 11.8 Å². The molecule has 136 valence electrons. The van der Waals surface area contributed by atoms with Gasteiger partial charge in [0.05, 0.1) is 7.11 Å². The number of ether oxygens (including phenoxy) is 2. The number of aromatic nitrogens is 2. The molecule has 1 atom stereocenters. The second-order valence-electron chi connectivity index (χ2n) is 5.35. The Balaban J connectivity index is 1.61. The van der Waals surface area contributed by atoms with E-state index >= 15 is 0 Å². The standard InChI is InChI=1S/C18H16F2N2O3S/c1-11(24-16-6-4-3-5-13(16)19)17-21-22-18(25-17)26-10-12-7-8-15(23-2)14(20)9-12/h3-9,11H,10H2,1-2H3/t11-/m0/s1. The Morgan fingerprint density at radius 2 is 1.88 bits per heavy atom. The number of rotatable bonds is 7. The SMILES string of the molecule is COc1ccc(CSc2nnc([C@H](C)Oc3ccccc3F)o2)cc1F.